The maximum absolute atomic E-state index is 4.48. The van der Waals surface area contributed by atoms with Crippen LogP contribution in [0.4, 0.5) is 5.95 Å². The fraction of sp³-hybridized carbons (Fsp3) is 0.769. The first-order valence-electron chi connectivity index (χ1n) is 6.63. The second kappa shape index (κ2) is 5.54. The molecule has 96 valence electrons. The van der Waals surface area contributed by atoms with Gasteiger partial charge in [-0.15, -0.1) is 0 Å². The van der Waals surface area contributed by atoms with Crippen LogP contribution in [0.15, 0.2) is 12.4 Å². The van der Waals surface area contributed by atoms with Crippen LogP contribution in [-0.2, 0) is 0 Å². The van der Waals surface area contributed by atoms with E-state index in [4.69, 9.17) is 0 Å². The van der Waals surface area contributed by atoms with E-state index in [1.807, 2.05) is 6.20 Å². The highest BCUT2D eigenvalue weighted by Crippen LogP contribution is 2.19. The fourth-order valence-corrected chi connectivity index (χ4v) is 2.54. The van der Waals surface area contributed by atoms with E-state index >= 15 is 0 Å². The molecular formula is C13H24N4. The molecule has 1 aromatic heterocycles. The lowest BCUT2D eigenvalue weighted by Gasteiger charge is -2.29. The second-order valence-electron chi connectivity index (χ2n) is 5.30. The number of imidazole rings is 1. The average molecular weight is 236 g/mol. The Bertz CT molecular complexity index is 339. The van der Waals surface area contributed by atoms with Gasteiger partial charge in [-0.3, -0.25) is 0 Å². The highest BCUT2D eigenvalue weighted by atomic mass is 15.3. The lowest BCUT2D eigenvalue weighted by molar-refractivity contribution is 0.375. The number of nitrogens with one attached hydrogen (secondary N) is 1. The van der Waals surface area contributed by atoms with E-state index in [-0.39, 0.29) is 0 Å². The standard InChI is InChI=1S/C13H24N4/c1-11(2)17-9-8-15-13(17)16(3)10-12-4-6-14-7-5-12/h8-9,11-12,14H,4-7,10H2,1-3H3. The Balaban J connectivity index is 1.98. The van der Waals surface area contributed by atoms with E-state index < -0.39 is 0 Å². The summed E-state index contributed by atoms with van der Waals surface area (Å²) in [4.78, 5) is 6.78. The summed E-state index contributed by atoms with van der Waals surface area (Å²) in [6, 6.07) is 0.475. The van der Waals surface area contributed by atoms with Gasteiger partial charge in [-0.2, -0.15) is 0 Å². The summed E-state index contributed by atoms with van der Waals surface area (Å²) in [7, 11) is 2.16. The summed E-state index contributed by atoms with van der Waals surface area (Å²) in [5, 5.41) is 3.41. The van der Waals surface area contributed by atoms with E-state index in [0.717, 1.165) is 31.5 Å². The van der Waals surface area contributed by atoms with Crippen LogP contribution in [-0.4, -0.2) is 36.2 Å². The first-order chi connectivity index (χ1) is 8.18. The maximum Gasteiger partial charge on any atom is 0.205 e. The number of nitrogens with zero attached hydrogens (tertiary/aromatic N) is 3. The number of anilines is 1. The molecule has 0 unspecified atom stereocenters. The first kappa shape index (κ1) is 12.4. The van der Waals surface area contributed by atoms with Gasteiger partial charge in [0, 0.05) is 32.0 Å². The van der Waals surface area contributed by atoms with Gasteiger partial charge in [0.2, 0.25) is 5.95 Å². The van der Waals surface area contributed by atoms with E-state index in [1.54, 1.807) is 0 Å². The molecule has 1 aliphatic rings. The highest BCUT2D eigenvalue weighted by molar-refractivity contribution is 5.30. The molecule has 0 aliphatic carbocycles. The van der Waals surface area contributed by atoms with Crippen molar-refractivity contribution in [2.45, 2.75) is 32.7 Å². The molecule has 1 aliphatic heterocycles. The summed E-state index contributed by atoms with van der Waals surface area (Å²) in [6.45, 7) is 7.84. The number of rotatable bonds is 4. The third-order valence-corrected chi connectivity index (χ3v) is 3.54. The molecule has 0 atom stereocenters. The quantitative estimate of drug-likeness (QED) is 0.867. The van der Waals surface area contributed by atoms with Crippen molar-refractivity contribution in [1.29, 1.82) is 0 Å². The van der Waals surface area contributed by atoms with Crippen LogP contribution >= 0.6 is 0 Å². The van der Waals surface area contributed by atoms with Crippen LogP contribution in [0.3, 0.4) is 0 Å². The van der Waals surface area contributed by atoms with Crippen LogP contribution in [0.25, 0.3) is 0 Å². The predicted molar refractivity (Wildman–Crippen MR) is 71.5 cm³/mol. The van der Waals surface area contributed by atoms with Gasteiger partial charge < -0.3 is 14.8 Å². The zero-order valence-corrected chi connectivity index (χ0v) is 11.2. The molecule has 1 N–H and O–H groups in total. The van der Waals surface area contributed by atoms with Gasteiger partial charge in [-0.05, 0) is 45.7 Å². The minimum Gasteiger partial charge on any atom is -0.345 e. The molecule has 0 aromatic carbocycles. The van der Waals surface area contributed by atoms with Gasteiger partial charge in [0.05, 0.1) is 0 Å². The van der Waals surface area contributed by atoms with Crippen molar-refractivity contribution in [2.24, 2.45) is 5.92 Å². The van der Waals surface area contributed by atoms with E-state index in [2.05, 4.69) is 46.9 Å². The Hall–Kier alpha value is -1.03. The number of aromatic nitrogens is 2. The molecule has 1 aromatic rings. The molecular weight excluding hydrogens is 212 g/mol. The molecule has 0 saturated carbocycles. The molecule has 2 heterocycles. The normalized spacial score (nSPS) is 17.6. The van der Waals surface area contributed by atoms with Crippen molar-refractivity contribution in [3.05, 3.63) is 12.4 Å². The summed E-state index contributed by atoms with van der Waals surface area (Å²) >= 11 is 0. The molecule has 0 radical (unpaired) electrons. The number of hydrogen-bond donors (Lipinski definition) is 1. The van der Waals surface area contributed by atoms with Crippen molar-refractivity contribution < 1.29 is 0 Å². The second-order valence-corrected chi connectivity index (χ2v) is 5.30. The SMILES string of the molecule is CC(C)n1ccnc1N(C)CC1CCNCC1. The summed E-state index contributed by atoms with van der Waals surface area (Å²) in [6.07, 6.45) is 6.53. The Kier molecular flexibility index (Phi) is 4.05. The van der Waals surface area contributed by atoms with Gasteiger partial charge in [-0.1, -0.05) is 0 Å². The monoisotopic (exact) mass is 236 g/mol. The van der Waals surface area contributed by atoms with Crippen LogP contribution in [0.5, 0.6) is 0 Å². The van der Waals surface area contributed by atoms with Gasteiger partial charge >= 0.3 is 0 Å². The molecule has 1 saturated heterocycles. The van der Waals surface area contributed by atoms with Gasteiger partial charge in [-0.25, -0.2) is 4.98 Å². The fourth-order valence-electron chi connectivity index (χ4n) is 2.54. The lowest BCUT2D eigenvalue weighted by atomic mass is 9.98. The summed E-state index contributed by atoms with van der Waals surface area (Å²) in [5.74, 6) is 1.90. The Labute approximate surface area is 104 Å². The van der Waals surface area contributed by atoms with Crippen LogP contribution in [0.1, 0.15) is 32.7 Å². The van der Waals surface area contributed by atoms with Gasteiger partial charge in [0.15, 0.2) is 0 Å². The first-order valence-corrected chi connectivity index (χ1v) is 6.63. The lowest BCUT2D eigenvalue weighted by Crippen LogP contribution is -2.35. The number of hydrogen-bond acceptors (Lipinski definition) is 3. The van der Waals surface area contributed by atoms with Crippen molar-refractivity contribution in [3.8, 4) is 0 Å². The topological polar surface area (TPSA) is 33.1 Å². The van der Waals surface area contributed by atoms with Crippen molar-refractivity contribution >= 4 is 5.95 Å². The summed E-state index contributed by atoms with van der Waals surface area (Å²) < 4.78 is 2.24. The molecule has 0 amide bonds. The van der Waals surface area contributed by atoms with Crippen LogP contribution in [0.2, 0.25) is 0 Å². The van der Waals surface area contributed by atoms with Crippen molar-refractivity contribution in [2.75, 3.05) is 31.6 Å². The van der Waals surface area contributed by atoms with Crippen LogP contribution < -0.4 is 10.2 Å². The smallest absolute Gasteiger partial charge is 0.205 e. The molecule has 17 heavy (non-hydrogen) atoms. The van der Waals surface area contributed by atoms with E-state index in [9.17, 15) is 0 Å². The zero-order chi connectivity index (χ0) is 12.3. The molecule has 2 rings (SSSR count). The largest absolute Gasteiger partial charge is 0.345 e. The molecule has 1 fully saturated rings. The third kappa shape index (κ3) is 3.00. The Morgan fingerprint density at radius 1 is 1.47 bits per heavy atom. The molecule has 0 bridgehead atoms. The highest BCUT2D eigenvalue weighted by Gasteiger charge is 2.18. The van der Waals surface area contributed by atoms with E-state index in [0.29, 0.717) is 6.04 Å². The Morgan fingerprint density at radius 3 is 2.82 bits per heavy atom. The average Bonchev–Trinajstić information content (AvgIpc) is 2.79. The minimum atomic E-state index is 0.475. The molecule has 0 spiro atoms. The zero-order valence-electron chi connectivity index (χ0n) is 11.2. The molecule has 4 nitrogen and oxygen atoms in total. The predicted octanol–water partition coefficient (Wildman–Crippen LogP) is 1.90. The summed E-state index contributed by atoms with van der Waals surface area (Å²) in [5.41, 5.74) is 0. The van der Waals surface area contributed by atoms with E-state index in [1.165, 1.54) is 12.8 Å². The maximum atomic E-state index is 4.48. The van der Waals surface area contributed by atoms with Crippen molar-refractivity contribution in [1.82, 2.24) is 14.9 Å². The van der Waals surface area contributed by atoms with Crippen molar-refractivity contribution in [3.63, 3.8) is 0 Å². The Morgan fingerprint density at radius 2 is 2.18 bits per heavy atom. The number of piperidine rings is 1. The molecule has 4 heteroatoms. The van der Waals surface area contributed by atoms with Crippen LogP contribution in [0, 0.1) is 5.92 Å². The third-order valence-electron chi connectivity index (χ3n) is 3.54. The minimum absolute atomic E-state index is 0.475. The van der Waals surface area contributed by atoms with Gasteiger partial charge in [0.1, 0.15) is 0 Å². The van der Waals surface area contributed by atoms with Gasteiger partial charge in [0.25, 0.3) is 0 Å².